The van der Waals surface area contributed by atoms with Crippen LogP contribution in [0.15, 0.2) is 65.1 Å². The third-order valence-corrected chi connectivity index (χ3v) is 5.26. The van der Waals surface area contributed by atoms with Crippen LogP contribution in [0.25, 0.3) is 11.8 Å². The highest BCUT2D eigenvalue weighted by atomic mass is 79.9. The van der Waals surface area contributed by atoms with Gasteiger partial charge < -0.3 is 4.90 Å². The molecule has 27 heavy (non-hydrogen) atoms. The van der Waals surface area contributed by atoms with Crippen LogP contribution >= 0.6 is 15.9 Å². The third-order valence-electron chi connectivity index (χ3n) is 4.48. The zero-order valence-electron chi connectivity index (χ0n) is 15.7. The van der Waals surface area contributed by atoms with Crippen LogP contribution in [0, 0.1) is 13.8 Å². The summed E-state index contributed by atoms with van der Waals surface area (Å²) in [6.45, 7) is 4.52. The number of hydrogen-bond donors (Lipinski definition) is 0. The normalized spacial score (nSPS) is 11.1. The van der Waals surface area contributed by atoms with E-state index in [0.717, 1.165) is 32.7 Å². The molecule has 0 saturated carbocycles. The van der Waals surface area contributed by atoms with E-state index in [9.17, 15) is 4.79 Å². The van der Waals surface area contributed by atoms with Gasteiger partial charge in [0.1, 0.15) is 0 Å². The van der Waals surface area contributed by atoms with Crippen LogP contribution in [-0.4, -0.2) is 27.6 Å². The molecule has 0 atom stereocenters. The van der Waals surface area contributed by atoms with E-state index in [1.165, 1.54) is 0 Å². The molecule has 3 rings (SSSR count). The molecular weight excluding hydrogens is 402 g/mol. The summed E-state index contributed by atoms with van der Waals surface area (Å²) in [5.41, 5.74) is 4.97. The number of rotatable bonds is 5. The molecule has 0 unspecified atom stereocenters. The number of nitrogens with zero attached hydrogens (tertiary/aromatic N) is 3. The molecule has 4 nitrogen and oxygen atoms in total. The van der Waals surface area contributed by atoms with Crippen LogP contribution in [0.3, 0.4) is 0 Å². The Bertz CT molecular complexity index is 976. The molecule has 1 heterocycles. The lowest BCUT2D eigenvalue weighted by Gasteiger charge is -2.16. The average molecular weight is 424 g/mol. The van der Waals surface area contributed by atoms with Crippen LogP contribution in [0.4, 0.5) is 0 Å². The minimum absolute atomic E-state index is 0.0444. The second-order valence-corrected chi connectivity index (χ2v) is 7.31. The lowest BCUT2D eigenvalue weighted by Crippen LogP contribution is -2.24. The second kappa shape index (κ2) is 8.35. The van der Waals surface area contributed by atoms with Gasteiger partial charge >= 0.3 is 0 Å². The lowest BCUT2D eigenvalue weighted by atomic mass is 10.1. The van der Waals surface area contributed by atoms with Crippen molar-refractivity contribution in [1.82, 2.24) is 14.7 Å². The average Bonchev–Trinajstić information content (AvgIpc) is 2.96. The van der Waals surface area contributed by atoms with E-state index in [1.54, 1.807) is 18.0 Å². The Hall–Kier alpha value is -2.66. The third kappa shape index (κ3) is 4.37. The summed E-state index contributed by atoms with van der Waals surface area (Å²) in [6, 6.07) is 17.9. The maximum Gasteiger partial charge on any atom is 0.246 e. The van der Waals surface area contributed by atoms with Gasteiger partial charge in [-0.05, 0) is 43.7 Å². The number of para-hydroxylation sites is 1. The number of aromatic nitrogens is 2. The van der Waals surface area contributed by atoms with Crippen LogP contribution < -0.4 is 0 Å². The first kappa shape index (κ1) is 19.1. The van der Waals surface area contributed by atoms with Gasteiger partial charge in [-0.15, -0.1) is 0 Å². The van der Waals surface area contributed by atoms with Crippen molar-refractivity contribution in [2.45, 2.75) is 20.4 Å². The fourth-order valence-electron chi connectivity index (χ4n) is 2.96. The zero-order chi connectivity index (χ0) is 19.4. The number of likely N-dealkylation sites (N-methyl/N-ethyl adjacent to an activating group) is 1. The van der Waals surface area contributed by atoms with Gasteiger partial charge in [0.25, 0.3) is 0 Å². The van der Waals surface area contributed by atoms with Crippen molar-refractivity contribution in [2.75, 3.05) is 7.05 Å². The largest absolute Gasteiger partial charge is 0.338 e. The summed E-state index contributed by atoms with van der Waals surface area (Å²) in [5, 5.41) is 4.62. The zero-order valence-corrected chi connectivity index (χ0v) is 17.3. The number of carbonyl (C=O) groups excluding carboxylic acids is 1. The highest BCUT2D eigenvalue weighted by molar-refractivity contribution is 9.10. The molecule has 0 fully saturated rings. The molecule has 0 spiro atoms. The van der Waals surface area contributed by atoms with Crippen LogP contribution in [-0.2, 0) is 11.3 Å². The first-order valence-electron chi connectivity index (χ1n) is 8.75. The number of aryl methyl sites for hydroxylation is 1. The Labute approximate surface area is 168 Å². The molecule has 0 bridgehead atoms. The highest BCUT2D eigenvalue weighted by Gasteiger charge is 2.12. The first-order chi connectivity index (χ1) is 13.0. The predicted octanol–water partition coefficient (Wildman–Crippen LogP) is 4.92. The first-order valence-corrected chi connectivity index (χ1v) is 9.55. The van der Waals surface area contributed by atoms with Crippen LogP contribution in [0.1, 0.15) is 22.5 Å². The molecule has 0 N–H and O–H groups in total. The Morgan fingerprint density at radius 1 is 1.11 bits per heavy atom. The molecule has 0 aliphatic rings. The van der Waals surface area contributed by atoms with E-state index in [0.29, 0.717) is 6.54 Å². The number of hydrogen-bond acceptors (Lipinski definition) is 2. The lowest BCUT2D eigenvalue weighted by molar-refractivity contribution is -0.125. The van der Waals surface area contributed by atoms with Gasteiger partial charge in [-0.3, -0.25) is 4.79 Å². The quantitative estimate of drug-likeness (QED) is 0.545. The van der Waals surface area contributed by atoms with Crippen molar-refractivity contribution in [3.8, 4) is 5.69 Å². The Morgan fingerprint density at radius 2 is 1.78 bits per heavy atom. The van der Waals surface area contributed by atoms with E-state index in [-0.39, 0.29) is 5.91 Å². The molecule has 138 valence electrons. The molecule has 0 radical (unpaired) electrons. The van der Waals surface area contributed by atoms with E-state index in [1.807, 2.05) is 79.2 Å². The van der Waals surface area contributed by atoms with Crippen molar-refractivity contribution in [1.29, 1.82) is 0 Å². The van der Waals surface area contributed by atoms with Gasteiger partial charge in [0.05, 0.1) is 11.4 Å². The van der Waals surface area contributed by atoms with E-state index >= 15 is 0 Å². The number of benzene rings is 2. The molecule has 2 aromatic carbocycles. The van der Waals surface area contributed by atoms with Gasteiger partial charge in [-0.2, -0.15) is 5.10 Å². The fraction of sp³-hybridized carbons (Fsp3) is 0.182. The van der Waals surface area contributed by atoms with Crippen LogP contribution in [0.2, 0.25) is 0 Å². The Kier molecular flexibility index (Phi) is 5.91. The smallest absolute Gasteiger partial charge is 0.246 e. The SMILES string of the molecule is Cc1nn(-c2ccccc2)c(C)c1/C=C/C(=O)N(C)Cc1ccccc1Br. The minimum atomic E-state index is -0.0444. The van der Waals surface area contributed by atoms with Crippen LogP contribution in [0.5, 0.6) is 0 Å². The van der Waals surface area contributed by atoms with Gasteiger partial charge in [0.15, 0.2) is 0 Å². The topological polar surface area (TPSA) is 38.1 Å². The summed E-state index contributed by atoms with van der Waals surface area (Å²) >= 11 is 3.53. The molecule has 0 aliphatic heterocycles. The van der Waals surface area contributed by atoms with Crippen molar-refractivity contribution in [2.24, 2.45) is 0 Å². The van der Waals surface area contributed by atoms with Gasteiger partial charge in [0, 0.05) is 35.4 Å². The van der Waals surface area contributed by atoms with E-state index in [2.05, 4.69) is 21.0 Å². The number of carbonyl (C=O) groups is 1. The molecule has 0 saturated heterocycles. The predicted molar refractivity (Wildman–Crippen MR) is 113 cm³/mol. The summed E-state index contributed by atoms with van der Waals surface area (Å²) in [7, 11) is 1.80. The molecule has 3 aromatic rings. The van der Waals surface area contributed by atoms with Crippen molar-refractivity contribution >= 4 is 27.9 Å². The maximum atomic E-state index is 12.5. The number of amides is 1. The molecule has 5 heteroatoms. The molecule has 1 aromatic heterocycles. The highest BCUT2D eigenvalue weighted by Crippen LogP contribution is 2.20. The summed E-state index contributed by atoms with van der Waals surface area (Å²) < 4.78 is 2.91. The summed E-state index contributed by atoms with van der Waals surface area (Å²) in [5.74, 6) is -0.0444. The van der Waals surface area contributed by atoms with Gasteiger partial charge in [0.2, 0.25) is 5.91 Å². The summed E-state index contributed by atoms with van der Waals surface area (Å²) in [4.78, 5) is 14.2. The molecule has 1 amide bonds. The Morgan fingerprint density at radius 3 is 2.48 bits per heavy atom. The van der Waals surface area contributed by atoms with Gasteiger partial charge in [-0.25, -0.2) is 4.68 Å². The minimum Gasteiger partial charge on any atom is -0.338 e. The van der Waals surface area contributed by atoms with E-state index < -0.39 is 0 Å². The van der Waals surface area contributed by atoms with Crippen molar-refractivity contribution < 1.29 is 4.79 Å². The number of halogens is 1. The van der Waals surface area contributed by atoms with Gasteiger partial charge in [-0.1, -0.05) is 52.3 Å². The standard InChI is InChI=1S/C22H22BrN3O/c1-16-20(17(2)26(24-16)19-10-5-4-6-11-19)13-14-22(27)25(3)15-18-9-7-8-12-21(18)23/h4-14H,15H2,1-3H3/b14-13+. The monoisotopic (exact) mass is 423 g/mol. The summed E-state index contributed by atoms with van der Waals surface area (Å²) in [6.07, 6.45) is 3.47. The second-order valence-electron chi connectivity index (χ2n) is 6.45. The Balaban J connectivity index is 1.77. The fourth-order valence-corrected chi connectivity index (χ4v) is 3.37. The maximum absolute atomic E-state index is 12.5. The molecular formula is C22H22BrN3O. The van der Waals surface area contributed by atoms with Crippen molar-refractivity contribution in [3.05, 3.63) is 87.7 Å². The molecule has 0 aliphatic carbocycles. The van der Waals surface area contributed by atoms with Crippen molar-refractivity contribution in [3.63, 3.8) is 0 Å². The van der Waals surface area contributed by atoms with E-state index in [4.69, 9.17) is 0 Å².